The fraction of sp³-hybridized carbons (Fsp3) is 0.375. The molecule has 0 aromatic carbocycles. The molecule has 0 spiro atoms. The number of carbonyl (C=O) groups excluding carboxylic acids is 1. The van der Waals surface area contributed by atoms with E-state index in [2.05, 4.69) is 16.2 Å². The summed E-state index contributed by atoms with van der Waals surface area (Å²) in [6.07, 6.45) is 3.37. The number of hydrogen-bond acceptors (Lipinski definition) is 1. The van der Waals surface area contributed by atoms with Gasteiger partial charge in [0.1, 0.15) is 0 Å². The lowest BCUT2D eigenvalue weighted by molar-refractivity contribution is 0.252. The third-order valence-electron chi connectivity index (χ3n) is 1.43. The number of hydrogen-bond donors (Lipinski definition) is 1. The van der Waals surface area contributed by atoms with Gasteiger partial charge in [-0.15, -0.1) is 4.99 Å². The fourth-order valence-corrected chi connectivity index (χ4v) is 0.718. The Morgan fingerprint density at radius 1 is 1.64 bits per heavy atom. The van der Waals surface area contributed by atoms with Gasteiger partial charge in [-0.2, -0.15) is 0 Å². The molecule has 1 N–H and O–H groups in total. The predicted octanol–water partition coefficient (Wildman–Crippen LogP) is 1.48. The number of nitrogens with one attached hydrogen (secondary N) is 1. The van der Waals surface area contributed by atoms with Crippen LogP contribution in [0.3, 0.4) is 0 Å². The third kappa shape index (κ3) is 2.06. The first-order valence-corrected chi connectivity index (χ1v) is 3.50. The molecule has 0 aromatic rings. The Morgan fingerprint density at radius 2 is 2.36 bits per heavy atom. The second kappa shape index (κ2) is 3.17. The van der Waals surface area contributed by atoms with Crippen molar-refractivity contribution in [3.8, 4) is 0 Å². The van der Waals surface area contributed by atoms with E-state index in [1.807, 2.05) is 13.8 Å². The molecule has 0 radical (unpaired) electrons. The molecule has 0 unspecified atom stereocenters. The Labute approximate surface area is 65.5 Å². The summed E-state index contributed by atoms with van der Waals surface area (Å²) < 4.78 is 0. The topological polar surface area (TPSA) is 41.5 Å². The molecule has 1 aliphatic rings. The Kier molecular flexibility index (Phi) is 2.24. The maximum atomic E-state index is 10.6. The number of allylic oxidation sites excluding steroid dienone is 2. The van der Waals surface area contributed by atoms with Crippen LogP contribution in [0.5, 0.6) is 0 Å². The van der Waals surface area contributed by atoms with Crippen LogP contribution >= 0.6 is 0 Å². The molecule has 0 bridgehead atoms. The maximum Gasteiger partial charge on any atom is 0.353 e. The molecule has 0 fully saturated rings. The summed E-state index contributed by atoms with van der Waals surface area (Å²) in [6, 6.07) is -0.364. The van der Waals surface area contributed by atoms with Gasteiger partial charge in [-0.3, -0.25) is 0 Å². The predicted molar refractivity (Wildman–Crippen MR) is 43.5 cm³/mol. The first-order chi connectivity index (χ1) is 5.20. The molecule has 1 rings (SSSR count). The molecule has 0 aromatic heterocycles. The molecular weight excluding hydrogens is 140 g/mol. The monoisotopic (exact) mass is 150 g/mol. The number of carbonyl (C=O) groups is 1. The van der Waals surface area contributed by atoms with Crippen LogP contribution in [0, 0.1) is 5.92 Å². The number of rotatable bonds is 1. The van der Waals surface area contributed by atoms with Crippen molar-refractivity contribution in [3.05, 3.63) is 17.8 Å². The minimum Gasteiger partial charge on any atom is -0.312 e. The van der Waals surface area contributed by atoms with Gasteiger partial charge in [0.15, 0.2) is 0 Å². The summed E-state index contributed by atoms with van der Waals surface area (Å²) in [6.45, 7) is 4.09. The summed E-state index contributed by atoms with van der Waals surface area (Å²) >= 11 is 0. The maximum absolute atomic E-state index is 10.6. The van der Waals surface area contributed by atoms with Crippen molar-refractivity contribution in [2.45, 2.75) is 13.8 Å². The molecule has 3 nitrogen and oxygen atoms in total. The van der Waals surface area contributed by atoms with Crippen molar-refractivity contribution in [2.24, 2.45) is 10.9 Å². The highest BCUT2D eigenvalue weighted by Gasteiger charge is 2.02. The van der Waals surface area contributed by atoms with E-state index in [1.54, 1.807) is 12.3 Å². The second-order valence-corrected chi connectivity index (χ2v) is 2.63. The van der Waals surface area contributed by atoms with Crippen molar-refractivity contribution in [3.63, 3.8) is 0 Å². The fourth-order valence-electron chi connectivity index (χ4n) is 0.718. The minimum atomic E-state index is -0.364. The number of nitrogens with zero attached hydrogens (tertiary/aromatic N) is 1. The summed E-state index contributed by atoms with van der Waals surface area (Å²) in [5, 5.41) is 2.51. The third-order valence-corrected chi connectivity index (χ3v) is 1.43. The highest BCUT2D eigenvalue weighted by Crippen LogP contribution is 2.08. The molecular formula is C8H10N2O. The zero-order valence-electron chi connectivity index (χ0n) is 6.59. The average Bonchev–Trinajstić information content (AvgIpc) is 2.13. The van der Waals surface area contributed by atoms with Crippen molar-refractivity contribution in [2.75, 3.05) is 0 Å². The average molecular weight is 150 g/mol. The molecule has 1 heterocycles. The van der Waals surface area contributed by atoms with Gasteiger partial charge in [0, 0.05) is 12.3 Å². The number of urea groups is 1. The van der Waals surface area contributed by atoms with E-state index >= 15 is 0 Å². The molecule has 0 aliphatic carbocycles. The normalized spacial score (nSPS) is 16.3. The van der Waals surface area contributed by atoms with E-state index in [9.17, 15) is 4.79 Å². The van der Waals surface area contributed by atoms with Gasteiger partial charge in [-0.1, -0.05) is 13.8 Å². The quantitative estimate of drug-likeness (QED) is 0.604. The van der Waals surface area contributed by atoms with Crippen molar-refractivity contribution in [1.29, 1.82) is 0 Å². The first-order valence-electron chi connectivity index (χ1n) is 3.50. The lowest BCUT2D eigenvalue weighted by Crippen LogP contribution is -2.11. The molecule has 1 aliphatic heterocycles. The Balaban J connectivity index is 2.86. The summed E-state index contributed by atoms with van der Waals surface area (Å²) in [4.78, 5) is 14.1. The molecule has 2 amide bonds. The highest BCUT2D eigenvalue weighted by molar-refractivity contribution is 5.84. The number of aliphatic imine (C=N–C) groups is 1. The van der Waals surface area contributed by atoms with Crippen molar-refractivity contribution >= 4 is 11.9 Å². The Hall–Kier alpha value is -1.34. The van der Waals surface area contributed by atoms with E-state index in [0.717, 1.165) is 5.57 Å². The van der Waals surface area contributed by atoms with Gasteiger partial charge >= 0.3 is 6.03 Å². The van der Waals surface area contributed by atoms with Crippen LogP contribution < -0.4 is 5.32 Å². The number of amides is 2. The van der Waals surface area contributed by atoms with Gasteiger partial charge in [0.2, 0.25) is 0 Å². The minimum absolute atomic E-state index is 0.364. The van der Waals surface area contributed by atoms with E-state index in [4.69, 9.17) is 0 Å². The second-order valence-electron chi connectivity index (χ2n) is 2.63. The van der Waals surface area contributed by atoms with Crippen molar-refractivity contribution < 1.29 is 4.79 Å². The lowest BCUT2D eigenvalue weighted by Gasteiger charge is -2.02. The van der Waals surface area contributed by atoms with Crippen LogP contribution in [0.1, 0.15) is 13.8 Å². The van der Waals surface area contributed by atoms with E-state index < -0.39 is 0 Å². The molecule has 0 saturated heterocycles. The van der Waals surface area contributed by atoms with Crippen LogP contribution in [-0.4, -0.2) is 11.9 Å². The van der Waals surface area contributed by atoms with Gasteiger partial charge in [0.05, 0.1) is 0 Å². The van der Waals surface area contributed by atoms with E-state index in [0.29, 0.717) is 5.92 Å². The Bertz CT molecular complexity index is 257. The summed E-state index contributed by atoms with van der Waals surface area (Å²) in [7, 11) is 0. The van der Waals surface area contributed by atoms with E-state index in [-0.39, 0.29) is 6.03 Å². The van der Waals surface area contributed by atoms with Gasteiger partial charge < -0.3 is 5.32 Å². The summed E-state index contributed by atoms with van der Waals surface area (Å²) in [5.74, 6) is 2.93. The zero-order valence-corrected chi connectivity index (χ0v) is 6.59. The lowest BCUT2D eigenvalue weighted by atomic mass is 10.1. The highest BCUT2D eigenvalue weighted by atomic mass is 16.2. The SMILES string of the molecule is CC(C)C1=CNC(=O)N=C=C1. The summed E-state index contributed by atoms with van der Waals surface area (Å²) in [5.41, 5.74) is 1.03. The van der Waals surface area contributed by atoms with Crippen LogP contribution in [0.4, 0.5) is 4.79 Å². The molecule has 0 atom stereocenters. The molecule has 0 saturated carbocycles. The van der Waals surface area contributed by atoms with Crippen LogP contribution in [0.25, 0.3) is 0 Å². The Morgan fingerprint density at radius 3 is 3.00 bits per heavy atom. The van der Waals surface area contributed by atoms with Crippen LogP contribution in [0.15, 0.2) is 22.8 Å². The van der Waals surface area contributed by atoms with Gasteiger partial charge in [-0.25, -0.2) is 4.79 Å². The standard InChI is InChI=1S/C8H10N2O/c1-6(2)7-3-4-9-8(11)10-5-7/h3,5-6H,1-2H3,(H,10,11). The largest absolute Gasteiger partial charge is 0.353 e. The van der Waals surface area contributed by atoms with Crippen LogP contribution in [0.2, 0.25) is 0 Å². The van der Waals surface area contributed by atoms with E-state index in [1.165, 1.54) is 0 Å². The van der Waals surface area contributed by atoms with Crippen LogP contribution in [-0.2, 0) is 0 Å². The smallest absolute Gasteiger partial charge is 0.312 e. The molecule has 11 heavy (non-hydrogen) atoms. The first kappa shape index (κ1) is 7.76. The van der Waals surface area contributed by atoms with Gasteiger partial charge in [0.25, 0.3) is 0 Å². The molecule has 58 valence electrons. The van der Waals surface area contributed by atoms with Gasteiger partial charge in [-0.05, 0) is 17.4 Å². The zero-order chi connectivity index (χ0) is 8.27. The molecule has 3 heteroatoms. The van der Waals surface area contributed by atoms with Crippen molar-refractivity contribution in [1.82, 2.24) is 5.32 Å².